The van der Waals surface area contributed by atoms with Crippen LogP contribution in [-0.2, 0) is 4.79 Å². The Hall–Kier alpha value is -1.91. The second-order valence-electron chi connectivity index (χ2n) is 4.35. The highest BCUT2D eigenvalue weighted by Crippen LogP contribution is 2.29. The number of carbonyl (C=O) groups is 1. The summed E-state index contributed by atoms with van der Waals surface area (Å²) in [5.74, 6) is 0.919. The van der Waals surface area contributed by atoms with Gasteiger partial charge in [-0.3, -0.25) is 4.79 Å². The van der Waals surface area contributed by atoms with E-state index in [9.17, 15) is 4.79 Å². The van der Waals surface area contributed by atoms with Crippen molar-refractivity contribution in [3.05, 3.63) is 52.5 Å². The average Bonchev–Trinajstić information content (AvgIpc) is 2.51. The fourth-order valence-electron chi connectivity index (χ4n) is 1.76. The van der Waals surface area contributed by atoms with E-state index in [1.54, 1.807) is 36.4 Å². The number of ether oxygens (including phenoxy) is 2. The maximum absolute atomic E-state index is 11.9. The van der Waals surface area contributed by atoms with Crippen molar-refractivity contribution < 1.29 is 14.3 Å². The van der Waals surface area contributed by atoms with Crippen LogP contribution in [0.1, 0.15) is 6.92 Å². The van der Waals surface area contributed by atoms with Crippen LogP contribution in [0.15, 0.2) is 42.5 Å². The number of carbonyl (C=O) groups excluding carboxylic acids is 1. The van der Waals surface area contributed by atoms with Crippen molar-refractivity contribution in [1.82, 2.24) is 0 Å². The fraction of sp³-hybridized carbons (Fsp3) is 0.188. The molecule has 0 aliphatic rings. The lowest BCUT2D eigenvalue weighted by Crippen LogP contribution is -2.20. The third kappa shape index (κ3) is 4.55. The van der Waals surface area contributed by atoms with Crippen molar-refractivity contribution in [3.63, 3.8) is 0 Å². The molecule has 0 saturated carbocycles. The van der Waals surface area contributed by atoms with Crippen LogP contribution in [-0.4, -0.2) is 19.1 Å². The maximum Gasteiger partial charge on any atom is 0.262 e. The van der Waals surface area contributed by atoms with Crippen LogP contribution >= 0.6 is 23.2 Å². The number of hydrogen-bond donors (Lipinski definition) is 1. The van der Waals surface area contributed by atoms with Gasteiger partial charge in [-0.2, -0.15) is 0 Å². The van der Waals surface area contributed by atoms with Crippen molar-refractivity contribution in [2.45, 2.75) is 6.92 Å². The highest BCUT2D eigenvalue weighted by Gasteiger charge is 2.09. The standard InChI is InChI=1S/C16H15Cl2NO3/c1-2-21-11-5-3-6-12(9-11)22-10-15(20)19-14-8-4-7-13(17)16(14)18/h3-9H,2,10H2,1H3,(H,19,20). The average molecular weight is 340 g/mol. The van der Waals surface area contributed by atoms with E-state index in [0.717, 1.165) is 0 Å². The van der Waals surface area contributed by atoms with Gasteiger partial charge in [-0.05, 0) is 31.2 Å². The molecule has 6 heteroatoms. The monoisotopic (exact) mass is 339 g/mol. The van der Waals surface area contributed by atoms with Crippen LogP contribution < -0.4 is 14.8 Å². The minimum absolute atomic E-state index is 0.140. The van der Waals surface area contributed by atoms with Crippen LogP contribution in [0, 0.1) is 0 Å². The van der Waals surface area contributed by atoms with Gasteiger partial charge >= 0.3 is 0 Å². The summed E-state index contributed by atoms with van der Waals surface area (Å²) in [4.78, 5) is 11.9. The molecule has 2 aromatic carbocycles. The van der Waals surface area contributed by atoms with Gasteiger partial charge in [-0.15, -0.1) is 0 Å². The number of anilines is 1. The van der Waals surface area contributed by atoms with Crippen molar-refractivity contribution in [2.75, 3.05) is 18.5 Å². The van der Waals surface area contributed by atoms with Crippen LogP contribution in [0.25, 0.3) is 0 Å². The molecule has 0 aromatic heterocycles. The minimum atomic E-state index is -0.328. The van der Waals surface area contributed by atoms with Crippen molar-refractivity contribution >= 4 is 34.8 Å². The highest BCUT2D eigenvalue weighted by molar-refractivity contribution is 6.43. The smallest absolute Gasteiger partial charge is 0.262 e. The summed E-state index contributed by atoms with van der Waals surface area (Å²) < 4.78 is 10.8. The first-order valence-electron chi connectivity index (χ1n) is 6.69. The zero-order chi connectivity index (χ0) is 15.9. The normalized spacial score (nSPS) is 10.1. The summed E-state index contributed by atoms with van der Waals surface area (Å²) in [6.07, 6.45) is 0. The van der Waals surface area contributed by atoms with Gasteiger partial charge in [0.15, 0.2) is 6.61 Å². The van der Waals surface area contributed by atoms with Crippen molar-refractivity contribution in [2.24, 2.45) is 0 Å². The fourth-order valence-corrected chi connectivity index (χ4v) is 2.10. The van der Waals surface area contributed by atoms with Crippen LogP contribution in [0.5, 0.6) is 11.5 Å². The molecule has 0 fully saturated rings. The lowest BCUT2D eigenvalue weighted by atomic mass is 10.3. The van der Waals surface area contributed by atoms with Crippen molar-refractivity contribution in [1.29, 1.82) is 0 Å². The first-order chi connectivity index (χ1) is 10.6. The molecule has 0 radical (unpaired) electrons. The molecule has 116 valence electrons. The van der Waals surface area contributed by atoms with E-state index >= 15 is 0 Å². The highest BCUT2D eigenvalue weighted by atomic mass is 35.5. The molecule has 0 spiro atoms. The van der Waals surface area contributed by atoms with E-state index in [1.165, 1.54) is 0 Å². The summed E-state index contributed by atoms with van der Waals surface area (Å²) in [7, 11) is 0. The summed E-state index contributed by atoms with van der Waals surface area (Å²) >= 11 is 11.9. The van der Waals surface area contributed by atoms with Gasteiger partial charge in [0.2, 0.25) is 0 Å². The molecule has 1 amide bonds. The third-order valence-electron chi connectivity index (χ3n) is 2.71. The second kappa shape index (κ2) is 7.92. The van der Waals surface area contributed by atoms with Crippen LogP contribution in [0.3, 0.4) is 0 Å². The van der Waals surface area contributed by atoms with Crippen LogP contribution in [0.4, 0.5) is 5.69 Å². The molecule has 0 unspecified atom stereocenters. The van der Waals surface area contributed by atoms with Crippen LogP contribution in [0.2, 0.25) is 10.0 Å². The van der Waals surface area contributed by atoms with Gasteiger partial charge in [-0.1, -0.05) is 35.3 Å². The molecule has 0 bridgehead atoms. The number of rotatable bonds is 6. The van der Waals surface area contributed by atoms with Gasteiger partial charge < -0.3 is 14.8 Å². The first kappa shape index (κ1) is 16.5. The van der Waals surface area contributed by atoms with Gasteiger partial charge in [-0.25, -0.2) is 0 Å². The molecule has 1 N–H and O–H groups in total. The number of benzene rings is 2. The van der Waals surface area contributed by atoms with Gasteiger partial charge in [0.05, 0.1) is 22.3 Å². The van der Waals surface area contributed by atoms with Crippen molar-refractivity contribution in [3.8, 4) is 11.5 Å². The summed E-state index contributed by atoms with van der Waals surface area (Å²) in [5.41, 5.74) is 0.450. The molecule has 22 heavy (non-hydrogen) atoms. The van der Waals surface area contributed by atoms with E-state index < -0.39 is 0 Å². The molecule has 4 nitrogen and oxygen atoms in total. The van der Waals surface area contributed by atoms with E-state index in [4.69, 9.17) is 32.7 Å². The molecular weight excluding hydrogens is 325 g/mol. The first-order valence-corrected chi connectivity index (χ1v) is 7.45. The Kier molecular flexibility index (Phi) is 5.92. The number of hydrogen-bond acceptors (Lipinski definition) is 3. The van der Waals surface area contributed by atoms with Gasteiger partial charge in [0.1, 0.15) is 11.5 Å². The Morgan fingerprint density at radius 2 is 1.77 bits per heavy atom. The molecule has 0 heterocycles. The third-order valence-corrected chi connectivity index (χ3v) is 3.53. The molecule has 0 aliphatic heterocycles. The zero-order valence-electron chi connectivity index (χ0n) is 11.9. The minimum Gasteiger partial charge on any atom is -0.494 e. The Morgan fingerprint density at radius 3 is 2.50 bits per heavy atom. The summed E-state index contributed by atoms with van der Waals surface area (Å²) in [6, 6.07) is 12.1. The lowest BCUT2D eigenvalue weighted by molar-refractivity contribution is -0.118. The van der Waals surface area contributed by atoms with E-state index in [0.29, 0.717) is 33.8 Å². The van der Waals surface area contributed by atoms with Gasteiger partial charge in [0, 0.05) is 6.07 Å². The zero-order valence-corrected chi connectivity index (χ0v) is 13.4. The second-order valence-corrected chi connectivity index (χ2v) is 5.13. The Balaban J connectivity index is 1.93. The Bertz CT molecular complexity index is 662. The molecule has 0 saturated heterocycles. The Labute approximate surface area is 138 Å². The topological polar surface area (TPSA) is 47.6 Å². The summed E-state index contributed by atoms with van der Waals surface area (Å²) in [6.45, 7) is 2.32. The largest absolute Gasteiger partial charge is 0.494 e. The molecule has 0 aliphatic carbocycles. The summed E-state index contributed by atoms with van der Waals surface area (Å²) in [5, 5.41) is 3.33. The number of amides is 1. The lowest BCUT2D eigenvalue weighted by Gasteiger charge is -2.10. The number of nitrogens with one attached hydrogen (secondary N) is 1. The molecule has 2 rings (SSSR count). The molecule has 2 aromatic rings. The SMILES string of the molecule is CCOc1cccc(OCC(=O)Nc2cccc(Cl)c2Cl)c1. The number of halogens is 2. The molecular formula is C16H15Cl2NO3. The molecule has 0 atom stereocenters. The van der Waals surface area contributed by atoms with E-state index in [2.05, 4.69) is 5.32 Å². The predicted octanol–water partition coefficient (Wildman–Crippen LogP) is 4.41. The van der Waals surface area contributed by atoms with E-state index in [1.807, 2.05) is 13.0 Å². The predicted molar refractivity (Wildman–Crippen MR) is 88.2 cm³/mol. The van der Waals surface area contributed by atoms with Gasteiger partial charge in [0.25, 0.3) is 5.91 Å². The maximum atomic E-state index is 11.9. The quantitative estimate of drug-likeness (QED) is 0.847. The Morgan fingerprint density at radius 1 is 1.09 bits per heavy atom. The van der Waals surface area contributed by atoms with E-state index in [-0.39, 0.29) is 12.5 Å².